The van der Waals surface area contributed by atoms with E-state index in [1.807, 2.05) is 13.8 Å². The highest BCUT2D eigenvalue weighted by Crippen LogP contribution is 2.23. The molecule has 0 saturated heterocycles. The van der Waals surface area contributed by atoms with E-state index in [2.05, 4.69) is 9.44 Å². The molecule has 1 fully saturated rings. The van der Waals surface area contributed by atoms with Gasteiger partial charge in [0.1, 0.15) is 0 Å². The fraction of sp³-hybridized carbons (Fsp3) is 1.00. The van der Waals surface area contributed by atoms with Gasteiger partial charge in [0.2, 0.25) is 0 Å². The van der Waals surface area contributed by atoms with Crippen molar-refractivity contribution in [3.05, 3.63) is 0 Å². The van der Waals surface area contributed by atoms with E-state index in [9.17, 15) is 8.42 Å². The molecule has 0 aromatic rings. The minimum absolute atomic E-state index is 0.146. The zero-order valence-corrected chi connectivity index (χ0v) is 10.9. The third-order valence-electron chi connectivity index (χ3n) is 2.94. The molecule has 0 aromatic carbocycles. The number of nitrogens with one attached hydrogen (secondary N) is 2. The molecule has 1 aliphatic carbocycles. The van der Waals surface area contributed by atoms with Crippen LogP contribution in [0.4, 0.5) is 0 Å². The molecule has 0 heterocycles. The first-order valence-electron chi connectivity index (χ1n) is 5.90. The maximum atomic E-state index is 11.5. The Hall–Kier alpha value is -0.170. The second-order valence-electron chi connectivity index (χ2n) is 4.95. The Morgan fingerprint density at radius 3 is 2.50 bits per heavy atom. The van der Waals surface area contributed by atoms with Crippen molar-refractivity contribution in [3.63, 3.8) is 0 Å². The molecule has 5 nitrogen and oxygen atoms in total. The van der Waals surface area contributed by atoms with Gasteiger partial charge in [0.05, 0.1) is 0 Å². The molecule has 1 rings (SSSR count). The highest BCUT2D eigenvalue weighted by Gasteiger charge is 2.25. The molecule has 0 aliphatic heterocycles. The van der Waals surface area contributed by atoms with Crippen LogP contribution in [0.15, 0.2) is 0 Å². The molecule has 0 bridgehead atoms. The van der Waals surface area contributed by atoms with Gasteiger partial charge in [-0.25, -0.2) is 9.44 Å². The largest absolute Gasteiger partial charge is 0.327 e. The first-order chi connectivity index (χ1) is 7.41. The van der Waals surface area contributed by atoms with E-state index >= 15 is 0 Å². The van der Waals surface area contributed by atoms with Crippen LogP contribution >= 0.6 is 0 Å². The fourth-order valence-corrected chi connectivity index (χ4v) is 2.95. The zero-order valence-electron chi connectivity index (χ0n) is 10.1. The first-order valence-corrected chi connectivity index (χ1v) is 7.39. The van der Waals surface area contributed by atoms with Gasteiger partial charge < -0.3 is 5.73 Å². The van der Waals surface area contributed by atoms with Gasteiger partial charge in [0, 0.05) is 19.1 Å². The van der Waals surface area contributed by atoms with Gasteiger partial charge in [-0.05, 0) is 24.7 Å². The molecule has 0 amide bonds. The van der Waals surface area contributed by atoms with E-state index in [1.54, 1.807) is 0 Å². The number of rotatable bonds is 6. The number of hydrogen-bond donors (Lipinski definition) is 3. The van der Waals surface area contributed by atoms with E-state index in [0.29, 0.717) is 19.0 Å². The molecule has 0 aromatic heterocycles. The van der Waals surface area contributed by atoms with Gasteiger partial charge >= 0.3 is 0 Å². The van der Waals surface area contributed by atoms with Crippen molar-refractivity contribution in [1.82, 2.24) is 9.44 Å². The normalized spacial score (nSPS) is 26.5. The summed E-state index contributed by atoms with van der Waals surface area (Å²) in [5.41, 5.74) is 5.88. The molecule has 2 atom stereocenters. The Kier molecular flexibility index (Phi) is 5.17. The van der Waals surface area contributed by atoms with Crippen molar-refractivity contribution < 1.29 is 8.42 Å². The van der Waals surface area contributed by atoms with Crippen LogP contribution in [-0.4, -0.2) is 27.5 Å². The summed E-state index contributed by atoms with van der Waals surface area (Å²) < 4.78 is 28.2. The van der Waals surface area contributed by atoms with E-state index in [4.69, 9.17) is 5.73 Å². The summed E-state index contributed by atoms with van der Waals surface area (Å²) in [6.07, 6.45) is 3.13. The van der Waals surface area contributed by atoms with Crippen LogP contribution in [0.25, 0.3) is 0 Å². The monoisotopic (exact) mass is 249 g/mol. The van der Waals surface area contributed by atoms with Crippen LogP contribution in [0.2, 0.25) is 0 Å². The van der Waals surface area contributed by atoms with Crippen molar-refractivity contribution in [1.29, 1.82) is 0 Å². The molecule has 4 N–H and O–H groups in total. The summed E-state index contributed by atoms with van der Waals surface area (Å²) in [5.74, 6) is 0.598. The standard InChI is InChI=1S/C10H23N3O2S/c1-8(2)6-12-16(14,15)13-7-9-4-3-5-10(9)11/h8-10,12-13H,3-7,11H2,1-2H3. The van der Waals surface area contributed by atoms with Gasteiger partial charge in [-0.2, -0.15) is 8.42 Å². The summed E-state index contributed by atoms with van der Waals surface area (Å²) >= 11 is 0. The van der Waals surface area contributed by atoms with Crippen LogP contribution in [-0.2, 0) is 10.2 Å². The van der Waals surface area contributed by atoms with Crippen molar-refractivity contribution in [2.75, 3.05) is 13.1 Å². The van der Waals surface area contributed by atoms with Crippen LogP contribution in [0.5, 0.6) is 0 Å². The molecular weight excluding hydrogens is 226 g/mol. The minimum atomic E-state index is -3.34. The van der Waals surface area contributed by atoms with Crippen LogP contribution in [0.3, 0.4) is 0 Å². The van der Waals surface area contributed by atoms with E-state index in [0.717, 1.165) is 19.3 Å². The lowest BCUT2D eigenvalue weighted by atomic mass is 10.1. The molecule has 6 heteroatoms. The number of hydrogen-bond acceptors (Lipinski definition) is 3. The van der Waals surface area contributed by atoms with Crippen molar-refractivity contribution >= 4 is 10.2 Å². The van der Waals surface area contributed by atoms with Gasteiger partial charge in [0.25, 0.3) is 10.2 Å². The zero-order chi connectivity index (χ0) is 12.2. The molecule has 1 aliphatic rings. The molecule has 96 valence electrons. The molecule has 16 heavy (non-hydrogen) atoms. The van der Waals surface area contributed by atoms with Gasteiger partial charge in [0.15, 0.2) is 0 Å². The third kappa shape index (κ3) is 4.78. The lowest BCUT2D eigenvalue weighted by Gasteiger charge is -2.16. The minimum Gasteiger partial charge on any atom is -0.327 e. The Labute approximate surface area is 98.4 Å². The molecule has 1 saturated carbocycles. The molecule has 0 radical (unpaired) electrons. The number of nitrogens with two attached hydrogens (primary N) is 1. The lowest BCUT2D eigenvalue weighted by Crippen LogP contribution is -2.42. The van der Waals surface area contributed by atoms with Gasteiger partial charge in [-0.1, -0.05) is 20.3 Å². The summed E-state index contributed by atoms with van der Waals surface area (Å²) in [4.78, 5) is 0. The van der Waals surface area contributed by atoms with Gasteiger partial charge in [-0.15, -0.1) is 0 Å². The summed E-state index contributed by atoms with van der Waals surface area (Å²) in [7, 11) is -3.34. The summed E-state index contributed by atoms with van der Waals surface area (Å²) in [5, 5.41) is 0. The van der Waals surface area contributed by atoms with Crippen molar-refractivity contribution in [2.45, 2.75) is 39.2 Å². The van der Waals surface area contributed by atoms with Crippen molar-refractivity contribution in [2.24, 2.45) is 17.6 Å². The second kappa shape index (κ2) is 5.95. The molecule has 0 spiro atoms. The average molecular weight is 249 g/mol. The maximum absolute atomic E-state index is 11.5. The quantitative estimate of drug-likeness (QED) is 0.628. The molecular formula is C10H23N3O2S. The van der Waals surface area contributed by atoms with Crippen LogP contribution < -0.4 is 15.2 Å². The maximum Gasteiger partial charge on any atom is 0.276 e. The Balaban J connectivity index is 2.30. The highest BCUT2D eigenvalue weighted by atomic mass is 32.2. The SMILES string of the molecule is CC(C)CNS(=O)(=O)NCC1CCCC1N. The van der Waals surface area contributed by atoms with E-state index in [-0.39, 0.29) is 12.0 Å². The highest BCUT2D eigenvalue weighted by molar-refractivity contribution is 7.87. The lowest BCUT2D eigenvalue weighted by molar-refractivity contribution is 0.465. The van der Waals surface area contributed by atoms with Crippen LogP contribution in [0.1, 0.15) is 33.1 Å². The fourth-order valence-electron chi connectivity index (χ4n) is 1.86. The average Bonchev–Trinajstić information content (AvgIpc) is 2.59. The predicted octanol–water partition coefficient (Wildman–Crippen LogP) is 0.194. The smallest absolute Gasteiger partial charge is 0.276 e. The summed E-state index contributed by atoms with van der Waals surface area (Å²) in [6.45, 7) is 4.85. The predicted molar refractivity (Wildman–Crippen MR) is 65.1 cm³/mol. The van der Waals surface area contributed by atoms with Gasteiger partial charge in [-0.3, -0.25) is 0 Å². The summed E-state index contributed by atoms with van der Waals surface area (Å²) in [6, 6.07) is 0.146. The Morgan fingerprint density at radius 2 is 2.00 bits per heavy atom. The third-order valence-corrected chi connectivity index (χ3v) is 4.03. The Bertz CT molecular complexity index is 303. The molecule has 2 unspecified atom stereocenters. The van der Waals surface area contributed by atoms with Crippen LogP contribution in [0, 0.1) is 11.8 Å². The van der Waals surface area contributed by atoms with E-state index < -0.39 is 10.2 Å². The second-order valence-corrected chi connectivity index (χ2v) is 6.53. The topological polar surface area (TPSA) is 84.2 Å². The Morgan fingerprint density at radius 1 is 1.31 bits per heavy atom. The first kappa shape index (κ1) is 13.9. The van der Waals surface area contributed by atoms with E-state index in [1.165, 1.54) is 0 Å². The van der Waals surface area contributed by atoms with Crippen molar-refractivity contribution in [3.8, 4) is 0 Å².